The van der Waals surface area contributed by atoms with Gasteiger partial charge in [0.1, 0.15) is 6.61 Å². The lowest BCUT2D eigenvalue weighted by Crippen LogP contribution is -2.33. The molecule has 3 aromatic carbocycles. The quantitative estimate of drug-likeness (QED) is 0.283. The molecule has 0 unspecified atom stereocenters. The van der Waals surface area contributed by atoms with E-state index in [0.717, 1.165) is 16.7 Å². The van der Waals surface area contributed by atoms with E-state index in [1.807, 2.05) is 44.2 Å². The van der Waals surface area contributed by atoms with E-state index in [1.54, 1.807) is 44.4 Å². The van der Waals surface area contributed by atoms with Gasteiger partial charge in [0, 0.05) is 16.3 Å². The van der Waals surface area contributed by atoms with Gasteiger partial charge in [-0.15, -0.1) is 0 Å². The third kappa shape index (κ3) is 6.36. The van der Waals surface area contributed by atoms with Gasteiger partial charge in [-0.2, -0.15) is 5.10 Å². The Balaban J connectivity index is 1.64. The maximum absolute atomic E-state index is 12.3. The van der Waals surface area contributed by atoms with Crippen molar-refractivity contribution < 1.29 is 19.1 Å². The van der Waals surface area contributed by atoms with Crippen molar-refractivity contribution in [3.05, 3.63) is 87.9 Å². The van der Waals surface area contributed by atoms with E-state index in [-0.39, 0.29) is 0 Å². The number of methoxy groups -OCH3 is 1. The molecule has 3 rings (SSSR count). The molecule has 2 N–H and O–H groups in total. The van der Waals surface area contributed by atoms with Crippen LogP contribution in [0.5, 0.6) is 11.5 Å². The lowest BCUT2D eigenvalue weighted by atomic mass is 10.1. The summed E-state index contributed by atoms with van der Waals surface area (Å²) in [5, 5.41) is 7.35. The summed E-state index contributed by atoms with van der Waals surface area (Å²) < 4.78 is 11.3. The molecule has 0 heterocycles. The van der Waals surface area contributed by atoms with Crippen LogP contribution in [0, 0.1) is 13.8 Å². The Morgan fingerprint density at radius 1 is 0.941 bits per heavy atom. The van der Waals surface area contributed by atoms with Crippen molar-refractivity contribution in [2.24, 2.45) is 5.10 Å². The number of ether oxygens (including phenoxy) is 2. The fourth-order valence-corrected chi connectivity index (χ4v) is 3.31. The molecular weight excluding hydrogens is 454 g/mol. The van der Waals surface area contributed by atoms with Crippen molar-refractivity contribution in [1.29, 1.82) is 0 Å². The van der Waals surface area contributed by atoms with Crippen molar-refractivity contribution in [2.75, 3.05) is 12.4 Å². The second-order valence-corrected chi connectivity index (χ2v) is 8.08. The first-order chi connectivity index (χ1) is 16.3. The Bertz CT molecular complexity index is 1200. The van der Waals surface area contributed by atoms with Crippen LogP contribution in [0.25, 0.3) is 0 Å². The summed E-state index contributed by atoms with van der Waals surface area (Å²) >= 11 is 5.91. The smallest absolute Gasteiger partial charge is 0.329 e. The largest absolute Gasteiger partial charge is 0.493 e. The van der Waals surface area contributed by atoms with E-state index >= 15 is 0 Å². The monoisotopic (exact) mass is 479 g/mol. The van der Waals surface area contributed by atoms with Gasteiger partial charge in [-0.1, -0.05) is 41.9 Å². The van der Waals surface area contributed by atoms with Crippen molar-refractivity contribution >= 4 is 34.8 Å². The summed E-state index contributed by atoms with van der Waals surface area (Å²) in [4.78, 5) is 24.5. The van der Waals surface area contributed by atoms with E-state index < -0.39 is 11.8 Å². The average molecular weight is 480 g/mol. The first-order valence-corrected chi connectivity index (χ1v) is 10.9. The second kappa shape index (κ2) is 11.3. The molecule has 0 aliphatic rings. The molecule has 0 aromatic heterocycles. The van der Waals surface area contributed by atoms with Gasteiger partial charge in [0.15, 0.2) is 11.5 Å². The van der Waals surface area contributed by atoms with Crippen molar-refractivity contribution in [3.8, 4) is 11.5 Å². The lowest BCUT2D eigenvalue weighted by molar-refractivity contribution is -0.136. The number of hydrogen-bond donors (Lipinski definition) is 2. The molecule has 0 aliphatic carbocycles. The van der Waals surface area contributed by atoms with Crippen molar-refractivity contribution in [3.63, 3.8) is 0 Å². The van der Waals surface area contributed by atoms with Gasteiger partial charge >= 0.3 is 11.8 Å². The van der Waals surface area contributed by atoms with Crippen LogP contribution < -0.4 is 20.2 Å². The van der Waals surface area contributed by atoms with E-state index in [0.29, 0.717) is 40.1 Å². The number of carbonyl (C=O) groups excluding carboxylic acids is 2. The number of rotatable bonds is 7. The van der Waals surface area contributed by atoms with Crippen LogP contribution >= 0.6 is 11.6 Å². The zero-order valence-corrected chi connectivity index (χ0v) is 20.2. The third-order valence-electron chi connectivity index (χ3n) is 5.14. The first-order valence-electron chi connectivity index (χ1n) is 10.6. The predicted octanol–water partition coefficient (Wildman–Crippen LogP) is 5.02. The molecule has 3 aromatic rings. The molecule has 176 valence electrons. The van der Waals surface area contributed by atoms with Gasteiger partial charge in [-0.3, -0.25) is 9.59 Å². The molecule has 0 radical (unpaired) electrons. The Hall–Kier alpha value is -3.84. The van der Waals surface area contributed by atoms with Crippen LogP contribution in [0.4, 0.5) is 5.69 Å². The zero-order valence-electron chi connectivity index (χ0n) is 19.4. The average Bonchev–Trinajstić information content (AvgIpc) is 2.84. The highest BCUT2D eigenvalue weighted by molar-refractivity contribution is 6.39. The normalized spacial score (nSPS) is 11.0. The van der Waals surface area contributed by atoms with Gasteiger partial charge < -0.3 is 14.8 Å². The summed E-state index contributed by atoms with van der Waals surface area (Å²) in [7, 11) is 1.54. The predicted molar refractivity (Wildman–Crippen MR) is 134 cm³/mol. The SMILES string of the molecule is COc1cc(/C(C)=N/NC(=O)C(=O)Nc2c(C)cccc2C)ccc1OCc1ccc(Cl)cc1. The minimum absolute atomic E-state index is 0.353. The van der Waals surface area contributed by atoms with Crippen LogP contribution in [0.3, 0.4) is 0 Å². The Labute approximate surface area is 203 Å². The molecule has 0 fully saturated rings. The highest BCUT2D eigenvalue weighted by atomic mass is 35.5. The van der Waals surface area contributed by atoms with Crippen LogP contribution in [0.2, 0.25) is 5.02 Å². The fourth-order valence-electron chi connectivity index (χ4n) is 3.19. The highest BCUT2D eigenvalue weighted by Crippen LogP contribution is 2.29. The lowest BCUT2D eigenvalue weighted by Gasteiger charge is -2.13. The minimum Gasteiger partial charge on any atom is -0.493 e. The number of anilines is 1. The summed E-state index contributed by atoms with van der Waals surface area (Å²) in [6.45, 7) is 5.79. The number of benzene rings is 3. The van der Waals surface area contributed by atoms with Gasteiger partial charge in [0.05, 0.1) is 12.8 Å². The van der Waals surface area contributed by atoms with Crippen molar-refractivity contribution in [1.82, 2.24) is 5.43 Å². The van der Waals surface area contributed by atoms with E-state index in [4.69, 9.17) is 21.1 Å². The fraction of sp³-hybridized carbons (Fsp3) is 0.192. The number of carbonyl (C=O) groups is 2. The topological polar surface area (TPSA) is 89.0 Å². The molecule has 0 bridgehead atoms. The highest BCUT2D eigenvalue weighted by Gasteiger charge is 2.16. The number of para-hydroxylation sites is 1. The molecule has 0 atom stereocenters. The minimum atomic E-state index is -0.864. The molecule has 34 heavy (non-hydrogen) atoms. The Morgan fingerprint density at radius 2 is 1.62 bits per heavy atom. The number of nitrogens with one attached hydrogen (secondary N) is 2. The molecule has 2 amide bonds. The van der Waals surface area contributed by atoms with Crippen molar-refractivity contribution in [2.45, 2.75) is 27.4 Å². The van der Waals surface area contributed by atoms with Crippen LogP contribution in [0.15, 0.2) is 65.8 Å². The summed E-state index contributed by atoms with van der Waals surface area (Å²) in [6, 6.07) is 18.3. The Morgan fingerprint density at radius 3 is 2.26 bits per heavy atom. The second-order valence-electron chi connectivity index (χ2n) is 7.64. The first kappa shape index (κ1) is 24.8. The maximum Gasteiger partial charge on any atom is 0.329 e. The molecule has 0 saturated heterocycles. The molecule has 7 nitrogen and oxygen atoms in total. The number of hydrazone groups is 1. The molecule has 0 saturated carbocycles. The molecule has 0 spiro atoms. The van der Waals surface area contributed by atoms with Crippen LogP contribution in [0.1, 0.15) is 29.2 Å². The number of aryl methyl sites for hydroxylation is 2. The molecule has 8 heteroatoms. The van der Waals surface area contributed by atoms with E-state index in [1.165, 1.54) is 0 Å². The van der Waals surface area contributed by atoms with Crippen LogP contribution in [-0.4, -0.2) is 24.6 Å². The van der Waals surface area contributed by atoms with Crippen LogP contribution in [-0.2, 0) is 16.2 Å². The van der Waals surface area contributed by atoms with Gasteiger partial charge in [0.25, 0.3) is 0 Å². The maximum atomic E-state index is 12.3. The number of nitrogens with zero attached hydrogens (tertiary/aromatic N) is 1. The van der Waals surface area contributed by atoms with Gasteiger partial charge in [-0.05, 0) is 67.8 Å². The standard InChI is InChI=1S/C26H26ClN3O4/c1-16-6-5-7-17(2)24(16)28-25(31)26(32)30-29-18(3)20-10-13-22(23(14-20)33-4)34-15-19-8-11-21(27)12-9-19/h5-14H,15H2,1-4H3,(H,28,31)(H,30,32)/b29-18+. The van der Waals surface area contributed by atoms with Gasteiger partial charge in [0.2, 0.25) is 0 Å². The number of amides is 2. The molecular formula is C26H26ClN3O4. The van der Waals surface area contributed by atoms with E-state index in [9.17, 15) is 9.59 Å². The third-order valence-corrected chi connectivity index (χ3v) is 5.39. The Kier molecular flexibility index (Phi) is 8.27. The van der Waals surface area contributed by atoms with E-state index in [2.05, 4.69) is 15.8 Å². The number of halogens is 1. The van der Waals surface area contributed by atoms with Gasteiger partial charge in [-0.25, -0.2) is 5.43 Å². The number of hydrogen-bond acceptors (Lipinski definition) is 5. The summed E-state index contributed by atoms with van der Waals surface area (Å²) in [5.41, 5.74) is 6.81. The summed E-state index contributed by atoms with van der Waals surface area (Å²) in [6.07, 6.45) is 0. The zero-order chi connectivity index (χ0) is 24.7. The molecule has 0 aliphatic heterocycles. The summed E-state index contributed by atoms with van der Waals surface area (Å²) in [5.74, 6) is -0.583.